The zero-order valence-corrected chi connectivity index (χ0v) is 16.1. The fraction of sp³-hybridized carbons (Fsp3) is 0.682. The van der Waals surface area contributed by atoms with Crippen LogP contribution in [0.3, 0.4) is 0 Å². The Morgan fingerprint density at radius 3 is 2.31 bits per heavy atom. The molecule has 0 amide bonds. The Morgan fingerprint density at radius 1 is 0.923 bits per heavy atom. The highest BCUT2D eigenvalue weighted by Gasteiger charge is 2.21. The van der Waals surface area contributed by atoms with Crippen LogP contribution in [-0.4, -0.2) is 31.8 Å². The Kier molecular flexibility index (Phi) is 11.1. The summed E-state index contributed by atoms with van der Waals surface area (Å²) in [5.41, 5.74) is 1.24. The number of ether oxygens (including phenoxy) is 2. The van der Waals surface area contributed by atoms with Gasteiger partial charge in [-0.15, -0.1) is 0 Å². The van der Waals surface area contributed by atoms with Gasteiger partial charge in [-0.2, -0.15) is 0 Å². The van der Waals surface area contributed by atoms with Crippen molar-refractivity contribution in [2.24, 2.45) is 0 Å². The second-order valence-electron chi connectivity index (χ2n) is 7.18. The smallest absolute Gasteiger partial charge is 0.323 e. The lowest BCUT2D eigenvalue weighted by molar-refractivity contribution is -0.146. The van der Waals surface area contributed by atoms with Crippen molar-refractivity contribution in [1.82, 2.24) is 5.32 Å². The first-order valence-electron chi connectivity index (χ1n) is 10.4. The highest BCUT2D eigenvalue weighted by Crippen LogP contribution is 2.10. The van der Waals surface area contributed by atoms with Crippen molar-refractivity contribution in [3.63, 3.8) is 0 Å². The number of carbonyl (C=O) groups excluding carboxylic acids is 1. The molecule has 1 fully saturated rings. The molecule has 1 unspecified atom stereocenters. The van der Waals surface area contributed by atoms with Crippen molar-refractivity contribution in [2.45, 2.75) is 76.9 Å². The van der Waals surface area contributed by atoms with Gasteiger partial charge in [-0.3, -0.25) is 4.79 Å². The summed E-state index contributed by atoms with van der Waals surface area (Å²) < 4.78 is 11.1. The van der Waals surface area contributed by atoms with Crippen LogP contribution in [-0.2, 0) is 20.9 Å². The van der Waals surface area contributed by atoms with Gasteiger partial charge in [-0.1, -0.05) is 68.9 Å². The molecule has 0 bridgehead atoms. The Labute approximate surface area is 158 Å². The molecular weight excluding hydrogens is 326 g/mol. The summed E-state index contributed by atoms with van der Waals surface area (Å²) in [5, 5.41) is 3.23. The molecule has 26 heavy (non-hydrogen) atoms. The van der Waals surface area contributed by atoms with Crippen molar-refractivity contribution < 1.29 is 14.3 Å². The summed E-state index contributed by atoms with van der Waals surface area (Å²) in [6.07, 6.45) is 11.5. The highest BCUT2D eigenvalue weighted by molar-refractivity contribution is 5.75. The number of piperidine rings is 1. The molecule has 1 N–H and O–H groups in total. The normalized spacial score (nSPS) is 17.2. The van der Waals surface area contributed by atoms with Crippen molar-refractivity contribution in [1.29, 1.82) is 0 Å². The fourth-order valence-corrected chi connectivity index (χ4v) is 3.28. The summed E-state index contributed by atoms with van der Waals surface area (Å²) in [7, 11) is 0. The summed E-state index contributed by atoms with van der Waals surface area (Å²) in [6.45, 7) is 3.08. The molecule has 4 heteroatoms. The first kappa shape index (κ1) is 20.9. The average Bonchev–Trinajstić information content (AvgIpc) is 2.70. The van der Waals surface area contributed by atoms with E-state index in [4.69, 9.17) is 9.47 Å². The van der Waals surface area contributed by atoms with Crippen molar-refractivity contribution in [2.75, 3.05) is 19.8 Å². The van der Waals surface area contributed by atoms with E-state index in [1.807, 2.05) is 18.2 Å². The largest absolute Gasteiger partial charge is 0.465 e. The second-order valence-corrected chi connectivity index (χ2v) is 7.18. The molecule has 1 aromatic rings. The molecular formula is C22H35NO3. The van der Waals surface area contributed by atoms with Gasteiger partial charge in [-0.25, -0.2) is 0 Å². The molecule has 0 radical (unpaired) electrons. The fourth-order valence-electron chi connectivity index (χ4n) is 3.28. The predicted octanol–water partition coefficient (Wildman–Crippen LogP) is 4.62. The molecule has 1 aliphatic heterocycles. The van der Waals surface area contributed by atoms with Gasteiger partial charge in [0.2, 0.25) is 0 Å². The Morgan fingerprint density at radius 2 is 1.62 bits per heavy atom. The summed E-state index contributed by atoms with van der Waals surface area (Å²) in [5.74, 6) is -0.0554. The average molecular weight is 362 g/mol. The van der Waals surface area contributed by atoms with Gasteiger partial charge in [0.15, 0.2) is 0 Å². The lowest BCUT2D eigenvalue weighted by Gasteiger charge is -2.21. The maximum absolute atomic E-state index is 11.9. The summed E-state index contributed by atoms with van der Waals surface area (Å²) in [6, 6.07) is 10.3. The van der Waals surface area contributed by atoms with Crippen LogP contribution in [0.4, 0.5) is 0 Å². The van der Waals surface area contributed by atoms with Gasteiger partial charge in [0.25, 0.3) is 0 Å². The number of benzene rings is 1. The third-order valence-electron chi connectivity index (χ3n) is 4.88. The Bertz CT molecular complexity index is 472. The topological polar surface area (TPSA) is 47.6 Å². The van der Waals surface area contributed by atoms with E-state index >= 15 is 0 Å². The first-order chi connectivity index (χ1) is 12.9. The van der Waals surface area contributed by atoms with E-state index in [9.17, 15) is 4.79 Å². The maximum Gasteiger partial charge on any atom is 0.323 e. The van der Waals surface area contributed by atoms with E-state index in [1.54, 1.807) is 0 Å². The maximum atomic E-state index is 11.9. The number of carbonyl (C=O) groups is 1. The molecule has 1 aromatic carbocycles. The van der Waals surface area contributed by atoms with Crippen LogP contribution in [0.5, 0.6) is 0 Å². The van der Waals surface area contributed by atoms with Crippen LogP contribution in [0.2, 0.25) is 0 Å². The van der Waals surface area contributed by atoms with E-state index in [2.05, 4.69) is 17.4 Å². The molecule has 146 valence electrons. The number of unbranched alkanes of at least 4 members (excludes halogenated alkanes) is 6. The molecule has 0 aromatic heterocycles. The zero-order valence-electron chi connectivity index (χ0n) is 16.1. The third kappa shape index (κ3) is 9.35. The van der Waals surface area contributed by atoms with Crippen LogP contribution in [0.1, 0.15) is 69.8 Å². The molecule has 1 saturated heterocycles. The predicted molar refractivity (Wildman–Crippen MR) is 105 cm³/mol. The minimum Gasteiger partial charge on any atom is -0.465 e. The van der Waals surface area contributed by atoms with Crippen LogP contribution in [0.25, 0.3) is 0 Å². The zero-order chi connectivity index (χ0) is 18.3. The van der Waals surface area contributed by atoms with Crippen LogP contribution < -0.4 is 5.32 Å². The van der Waals surface area contributed by atoms with Crippen molar-refractivity contribution in [3.05, 3.63) is 35.9 Å². The monoisotopic (exact) mass is 361 g/mol. The summed E-state index contributed by atoms with van der Waals surface area (Å²) >= 11 is 0. The van der Waals surface area contributed by atoms with Crippen LogP contribution in [0.15, 0.2) is 30.3 Å². The number of hydrogen-bond acceptors (Lipinski definition) is 4. The number of nitrogens with one attached hydrogen (secondary N) is 1. The highest BCUT2D eigenvalue weighted by atomic mass is 16.5. The second kappa shape index (κ2) is 13.8. The molecule has 1 atom stereocenters. The Hall–Kier alpha value is -1.39. The SMILES string of the molecule is O=C(OCCCCCCCCCOCc1ccccc1)C1CCCCN1. The number of rotatable bonds is 13. The van der Waals surface area contributed by atoms with Gasteiger partial charge in [0, 0.05) is 6.61 Å². The van der Waals surface area contributed by atoms with Crippen molar-refractivity contribution in [3.8, 4) is 0 Å². The lowest BCUT2D eigenvalue weighted by atomic mass is 10.1. The molecule has 0 saturated carbocycles. The molecule has 0 aliphatic carbocycles. The van der Waals surface area contributed by atoms with Gasteiger partial charge in [0.05, 0.1) is 13.2 Å². The molecule has 1 heterocycles. The minimum atomic E-state index is -0.0622. The third-order valence-corrected chi connectivity index (χ3v) is 4.88. The van der Waals surface area contributed by atoms with Gasteiger partial charge in [-0.05, 0) is 37.8 Å². The Balaban J connectivity index is 1.31. The van der Waals surface area contributed by atoms with Crippen molar-refractivity contribution >= 4 is 5.97 Å². The van der Waals surface area contributed by atoms with Crippen LogP contribution >= 0.6 is 0 Å². The number of hydrogen-bond donors (Lipinski definition) is 1. The van der Waals surface area contributed by atoms with Gasteiger partial charge < -0.3 is 14.8 Å². The van der Waals surface area contributed by atoms with Gasteiger partial charge >= 0.3 is 5.97 Å². The molecule has 0 spiro atoms. The number of esters is 1. The lowest BCUT2D eigenvalue weighted by Crippen LogP contribution is -2.41. The van der Waals surface area contributed by atoms with E-state index in [0.717, 1.165) is 51.9 Å². The van der Waals surface area contributed by atoms with E-state index < -0.39 is 0 Å². The quantitative estimate of drug-likeness (QED) is 0.411. The minimum absolute atomic E-state index is 0.0554. The van der Waals surface area contributed by atoms with E-state index in [1.165, 1.54) is 37.7 Å². The van der Waals surface area contributed by atoms with E-state index in [0.29, 0.717) is 6.61 Å². The van der Waals surface area contributed by atoms with Gasteiger partial charge in [0.1, 0.15) is 6.04 Å². The molecule has 1 aliphatic rings. The van der Waals surface area contributed by atoms with Crippen LogP contribution in [0, 0.1) is 0 Å². The summed E-state index contributed by atoms with van der Waals surface area (Å²) in [4.78, 5) is 11.9. The molecule has 4 nitrogen and oxygen atoms in total. The van der Waals surface area contributed by atoms with E-state index in [-0.39, 0.29) is 12.0 Å². The standard InChI is InChI=1S/C22H35NO3/c24-22(21-15-9-10-16-23-21)26-18-12-5-3-1-2-4-11-17-25-19-20-13-7-6-8-14-20/h6-8,13-14,21,23H,1-5,9-12,15-19H2. The first-order valence-corrected chi connectivity index (χ1v) is 10.4. The molecule has 2 rings (SSSR count).